The first-order valence-corrected chi connectivity index (χ1v) is 8.74. The van der Waals surface area contributed by atoms with Crippen LogP contribution < -0.4 is 21.3 Å². The van der Waals surface area contributed by atoms with Crippen molar-refractivity contribution >= 4 is 21.7 Å². The molecule has 136 valence electrons. The Morgan fingerprint density at radius 2 is 2.00 bits per heavy atom. The number of aromatic nitrogens is 2. The predicted molar refractivity (Wildman–Crippen MR) is 102 cm³/mol. The Kier molecular flexibility index (Phi) is 6.71. The molecule has 0 saturated heterocycles. The summed E-state index contributed by atoms with van der Waals surface area (Å²) in [5, 5.41) is 21.4. The Morgan fingerprint density at radius 3 is 2.60 bits per heavy atom. The summed E-state index contributed by atoms with van der Waals surface area (Å²) in [5.74, 6) is 6.42. The molecule has 5 N–H and O–H groups in total. The lowest BCUT2D eigenvalue weighted by Gasteiger charge is -2.23. The number of β-amino-alcohol motifs (C(OH)–C–C–N with tert-alkyl or cyclic N) is 1. The normalized spacial score (nSPS) is 12.7. The number of aliphatic hydroxyl groups excluding tert-OH is 1. The molecule has 0 aliphatic heterocycles. The third-order valence-electron chi connectivity index (χ3n) is 3.34. The maximum atomic E-state index is 10.1. The number of nitrogens with two attached hydrogens (primary N) is 1. The van der Waals surface area contributed by atoms with Gasteiger partial charge in [-0.3, -0.25) is 0 Å². The summed E-state index contributed by atoms with van der Waals surface area (Å²) in [6.45, 7) is 6.79. The highest BCUT2D eigenvalue weighted by molar-refractivity contribution is 9.10. The van der Waals surface area contributed by atoms with Gasteiger partial charge in [-0.2, -0.15) is 0 Å². The van der Waals surface area contributed by atoms with Crippen molar-refractivity contribution in [3.8, 4) is 17.0 Å². The maximum absolute atomic E-state index is 10.1. The Balaban J connectivity index is 2.03. The minimum Gasteiger partial charge on any atom is -0.490 e. The second-order valence-electron chi connectivity index (χ2n) is 6.69. The van der Waals surface area contributed by atoms with Crippen LogP contribution >= 0.6 is 15.9 Å². The molecule has 8 heteroatoms. The van der Waals surface area contributed by atoms with Gasteiger partial charge in [0.1, 0.15) is 18.5 Å². The lowest BCUT2D eigenvalue weighted by atomic mass is 10.1. The van der Waals surface area contributed by atoms with Gasteiger partial charge in [0.25, 0.3) is 0 Å². The van der Waals surface area contributed by atoms with Crippen molar-refractivity contribution in [1.29, 1.82) is 0 Å². The Hall–Kier alpha value is -1.74. The molecule has 0 aliphatic carbocycles. The second kappa shape index (κ2) is 8.57. The van der Waals surface area contributed by atoms with Crippen molar-refractivity contribution in [1.82, 2.24) is 15.5 Å². The minimum atomic E-state index is -0.607. The molecule has 0 bridgehead atoms. The van der Waals surface area contributed by atoms with Crippen LogP contribution in [0.4, 0.5) is 5.82 Å². The van der Waals surface area contributed by atoms with Crippen molar-refractivity contribution in [2.24, 2.45) is 5.84 Å². The molecule has 0 fully saturated rings. The molecule has 0 amide bonds. The Bertz CT molecular complexity index is 688. The SMILES string of the molecule is CC(C)(C)NCC(O)COc1cc(-c2ccc(NN)nn2)ccc1Br. The fourth-order valence-corrected chi connectivity index (χ4v) is 2.37. The fraction of sp³-hybridized carbons (Fsp3) is 0.412. The first-order valence-electron chi connectivity index (χ1n) is 7.94. The summed E-state index contributed by atoms with van der Waals surface area (Å²) >= 11 is 3.46. The van der Waals surface area contributed by atoms with Gasteiger partial charge in [0.2, 0.25) is 0 Å². The second-order valence-corrected chi connectivity index (χ2v) is 7.54. The fourth-order valence-electron chi connectivity index (χ4n) is 2.01. The largest absolute Gasteiger partial charge is 0.490 e. The number of hydrogen-bond acceptors (Lipinski definition) is 7. The third-order valence-corrected chi connectivity index (χ3v) is 3.99. The van der Waals surface area contributed by atoms with E-state index in [0.29, 0.717) is 23.8 Å². The van der Waals surface area contributed by atoms with Crippen molar-refractivity contribution in [2.45, 2.75) is 32.4 Å². The van der Waals surface area contributed by atoms with Gasteiger partial charge in [-0.15, -0.1) is 10.2 Å². The van der Waals surface area contributed by atoms with Crippen LogP contribution in [0.1, 0.15) is 20.8 Å². The van der Waals surface area contributed by atoms with Gasteiger partial charge in [-0.25, -0.2) is 5.84 Å². The predicted octanol–water partition coefficient (Wildman–Crippen LogP) is 2.32. The number of nitrogen functional groups attached to an aromatic ring is 1. The number of halogens is 1. The third kappa shape index (κ3) is 6.24. The van der Waals surface area contributed by atoms with Gasteiger partial charge in [-0.1, -0.05) is 6.07 Å². The van der Waals surface area contributed by atoms with E-state index in [-0.39, 0.29) is 12.1 Å². The molecule has 1 heterocycles. The summed E-state index contributed by atoms with van der Waals surface area (Å²) in [6.07, 6.45) is -0.607. The number of nitrogens with zero attached hydrogens (tertiary/aromatic N) is 2. The Labute approximate surface area is 156 Å². The van der Waals surface area contributed by atoms with Crippen molar-refractivity contribution in [3.05, 3.63) is 34.8 Å². The van der Waals surface area contributed by atoms with Crippen LogP contribution in [0, 0.1) is 0 Å². The van der Waals surface area contributed by atoms with Gasteiger partial charge in [0, 0.05) is 17.6 Å². The lowest BCUT2D eigenvalue weighted by molar-refractivity contribution is 0.0997. The first kappa shape index (κ1) is 19.6. The number of nitrogens with one attached hydrogen (secondary N) is 2. The average Bonchev–Trinajstić information content (AvgIpc) is 2.59. The van der Waals surface area contributed by atoms with Gasteiger partial charge in [-0.05, 0) is 61.0 Å². The maximum Gasteiger partial charge on any atom is 0.162 e. The van der Waals surface area contributed by atoms with E-state index < -0.39 is 6.10 Å². The Morgan fingerprint density at radius 1 is 1.24 bits per heavy atom. The van der Waals surface area contributed by atoms with Gasteiger partial charge in [0.15, 0.2) is 5.82 Å². The van der Waals surface area contributed by atoms with E-state index in [2.05, 4.69) is 36.9 Å². The molecular weight excluding hydrogens is 386 g/mol. The van der Waals surface area contributed by atoms with Crippen LogP contribution in [-0.4, -0.2) is 40.1 Å². The number of anilines is 1. The van der Waals surface area contributed by atoms with E-state index in [4.69, 9.17) is 10.6 Å². The highest BCUT2D eigenvalue weighted by atomic mass is 79.9. The summed E-state index contributed by atoms with van der Waals surface area (Å²) in [7, 11) is 0. The summed E-state index contributed by atoms with van der Waals surface area (Å²) < 4.78 is 6.56. The summed E-state index contributed by atoms with van der Waals surface area (Å²) in [4.78, 5) is 0. The van der Waals surface area contributed by atoms with E-state index in [9.17, 15) is 5.11 Å². The number of hydrogen-bond donors (Lipinski definition) is 4. The molecule has 0 spiro atoms. The van der Waals surface area contributed by atoms with E-state index in [1.807, 2.05) is 45.0 Å². The molecule has 0 radical (unpaired) electrons. The molecule has 1 aromatic heterocycles. The molecule has 1 atom stereocenters. The highest BCUT2D eigenvalue weighted by Gasteiger charge is 2.14. The van der Waals surface area contributed by atoms with Gasteiger partial charge < -0.3 is 20.6 Å². The van der Waals surface area contributed by atoms with Crippen molar-refractivity contribution in [3.63, 3.8) is 0 Å². The first-order chi connectivity index (χ1) is 11.8. The van der Waals surface area contributed by atoms with Crippen molar-refractivity contribution in [2.75, 3.05) is 18.6 Å². The van der Waals surface area contributed by atoms with E-state index >= 15 is 0 Å². The van der Waals surface area contributed by atoms with E-state index in [0.717, 1.165) is 10.0 Å². The van der Waals surface area contributed by atoms with Gasteiger partial charge in [0.05, 0.1) is 10.2 Å². The van der Waals surface area contributed by atoms with Gasteiger partial charge >= 0.3 is 0 Å². The molecule has 0 saturated carbocycles. The van der Waals surface area contributed by atoms with Crippen LogP contribution in [0.5, 0.6) is 5.75 Å². The number of ether oxygens (including phenoxy) is 1. The molecule has 2 aromatic rings. The zero-order valence-electron chi connectivity index (χ0n) is 14.6. The lowest BCUT2D eigenvalue weighted by Crippen LogP contribution is -2.42. The molecule has 1 unspecified atom stereocenters. The molecule has 25 heavy (non-hydrogen) atoms. The van der Waals surface area contributed by atoms with Crippen LogP contribution in [0.25, 0.3) is 11.3 Å². The standard InChI is InChI=1S/C17H24BrN5O2/c1-17(2,3)20-9-12(24)10-25-15-8-11(4-5-13(15)18)14-6-7-16(21-19)23-22-14/h4-8,12,20,24H,9-10,19H2,1-3H3,(H,21,23). The zero-order valence-corrected chi connectivity index (χ0v) is 16.2. The van der Waals surface area contributed by atoms with Crippen LogP contribution in [0.15, 0.2) is 34.8 Å². The van der Waals surface area contributed by atoms with Crippen LogP contribution in [-0.2, 0) is 0 Å². The molecule has 2 rings (SSSR count). The molecule has 1 aromatic carbocycles. The van der Waals surface area contributed by atoms with Crippen LogP contribution in [0.3, 0.4) is 0 Å². The number of hydrazine groups is 1. The number of rotatable bonds is 7. The minimum absolute atomic E-state index is 0.0509. The zero-order chi connectivity index (χ0) is 18.4. The smallest absolute Gasteiger partial charge is 0.162 e. The average molecular weight is 410 g/mol. The topological polar surface area (TPSA) is 105 Å². The monoisotopic (exact) mass is 409 g/mol. The molecule has 7 nitrogen and oxygen atoms in total. The van der Waals surface area contributed by atoms with E-state index in [1.165, 1.54) is 0 Å². The van der Waals surface area contributed by atoms with Crippen LogP contribution in [0.2, 0.25) is 0 Å². The summed E-state index contributed by atoms with van der Waals surface area (Å²) in [6, 6.07) is 9.20. The molecular formula is C17H24BrN5O2. The number of aliphatic hydroxyl groups is 1. The van der Waals surface area contributed by atoms with E-state index in [1.54, 1.807) is 6.07 Å². The molecule has 0 aliphatic rings. The highest BCUT2D eigenvalue weighted by Crippen LogP contribution is 2.30. The number of benzene rings is 1. The quantitative estimate of drug-likeness (QED) is 0.410. The summed E-state index contributed by atoms with van der Waals surface area (Å²) in [5.41, 5.74) is 3.95. The van der Waals surface area contributed by atoms with Crippen molar-refractivity contribution < 1.29 is 9.84 Å².